The third kappa shape index (κ3) is 4.16. The Hall–Kier alpha value is -2.86. The van der Waals surface area contributed by atoms with Crippen molar-refractivity contribution in [3.05, 3.63) is 59.7 Å². The molecular weight excluding hydrogens is 320 g/mol. The first kappa shape index (κ1) is 17.0. The maximum atomic E-state index is 12.4. The van der Waals surface area contributed by atoms with Gasteiger partial charge in [-0.15, -0.1) is 0 Å². The summed E-state index contributed by atoms with van der Waals surface area (Å²) in [4.78, 5) is 26.4. The van der Waals surface area contributed by atoms with Crippen molar-refractivity contribution in [3.8, 4) is 5.75 Å². The Labute approximate surface area is 146 Å². The summed E-state index contributed by atoms with van der Waals surface area (Å²) in [5.74, 6) is 0.466. The SMILES string of the molecule is COc1ccc(C(=O)Nc2ccc(C(=O)N3CCOCC3)cc2)cc1. The second-order valence-corrected chi connectivity index (χ2v) is 5.66. The van der Waals surface area contributed by atoms with Gasteiger partial charge in [-0.1, -0.05) is 0 Å². The monoisotopic (exact) mass is 340 g/mol. The van der Waals surface area contributed by atoms with Crippen LogP contribution in [0.2, 0.25) is 0 Å². The zero-order valence-electron chi connectivity index (χ0n) is 14.0. The van der Waals surface area contributed by atoms with Gasteiger partial charge in [0.25, 0.3) is 11.8 Å². The minimum absolute atomic E-state index is 0.0173. The summed E-state index contributed by atoms with van der Waals surface area (Å²) in [7, 11) is 1.58. The van der Waals surface area contributed by atoms with Gasteiger partial charge in [0.15, 0.2) is 0 Å². The molecule has 1 aliphatic heterocycles. The van der Waals surface area contributed by atoms with E-state index in [0.717, 1.165) is 0 Å². The van der Waals surface area contributed by atoms with Crippen LogP contribution in [0.5, 0.6) is 5.75 Å². The molecule has 0 unspecified atom stereocenters. The number of amides is 2. The lowest BCUT2D eigenvalue weighted by Gasteiger charge is -2.26. The number of hydrogen-bond donors (Lipinski definition) is 1. The number of hydrogen-bond acceptors (Lipinski definition) is 4. The number of carbonyl (C=O) groups is 2. The molecule has 0 spiro atoms. The zero-order valence-corrected chi connectivity index (χ0v) is 14.0. The molecule has 1 N–H and O–H groups in total. The number of rotatable bonds is 4. The number of nitrogens with zero attached hydrogens (tertiary/aromatic N) is 1. The van der Waals surface area contributed by atoms with Crippen LogP contribution in [0, 0.1) is 0 Å². The average Bonchev–Trinajstić information content (AvgIpc) is 2.68. The molecule has 0 bridgehead atoms. The van der Waals surface area contributed by atoms with Crippen molar-refractivity contribution in [2.24, 2.45) is 0 Å². The van der Waals surface area contributed by atoms with E-state index in [0.29, 0.717) is 48.9 Å². The predicted octanol–water partition coefficient (Wildman–Crippen LogP) is 2.42. The van der Waals surface area contributed by atoms with E-state index in [1.54, 1.807) is 60.5 Å². The minimum atomic E-state index is -0.213. The van der Waals surface area contributed by atoms with E-state index in [4.69, 9.17) is 9.47 Å². The summed E-state index contributed by atoms with van der Waals surface area (Å²) < 4.78 is 10.3. The van der Waals surface area contributed by atoms with E-state index in [1.807, 2.05) is 0 Å². The Bertz CT molecular complexity index is 735. The first-order valence-corrected chi connectivity index (χ1v) is 8.10. The van der Waals surface area contributed by atoms with E-state index in [1.165, 1.54) is 0 Å². The molecule has 1 aliphatic rings. The summed E-state index contributed by atoms with van der Waals surface area (Å²) >= 11 is 0. The number of ether oxygens (including phenoxy) is 2. The Kier molecular flexibility index (Phi) is 5.30. The van der Waals surface area contributed by atoms with Gasteiger partial charge in [0.1, 0.15) is 5.75 Å². The van der Waals surface area contributed by atoms with Crippen molar-refractivity contribution in [2.45, 2.75) is 0 Å². The van der Waals surface area contributed by atoms with E-state index in [2.05, 4.69) is 5.32 Å². The molecule has 0 atom stereocenters. The highest BCUT2D eigenvalue weighted by Gasteiger charge is 2.18. The van der Waals surface area contributed by atoms with Crippen molar-refractivity contribution in [3.63, 3.8) is 0 Å². The molecule has 3 rings (SSSR count). The van der Waals surface area contributed by atoms with Crippen molar-refractivity contribution >= 4 is 17.5 Å². The van der Waals surface area contributed by atoms with Crippen molar-refractivity contribution in [1.82, 2.24) is 4.90 Å². The highest BCUT2D eigenvalue weighted by molar-refractivity contribution is 6.04. The standard InChI is InChI=1S/C19H20N2O4/c1-24-17-8-4-14(5-9-17)18(22)20-16-6-2-15(3-7-16)19(23)21-10-12-25-13-11-21/h2-9H,10-13H2,1H3,(H,20,22). The van der Waals surface area contributed by atoms with E-state index in [9.17, 15) is 9.59 Å². The molecule has 25 heavy (non-hydrogen) atoms. The van der Waals surface area contributed by atoms with Crippen LogP contribution in [0.1, 0.15) is 20.7 Å². The number of methoxy groups -OCH3 is 1. The van der Waals surface area contributed by atoms with Crippen LogP contribution in [0.3, 0.4) is 0 Å². The summed E-state index contributed by atoms with van der Waals surface area (Å²) in [5, 5.41) is 2.82. The first-order valence-electron chi connectivity index (χ1n) is 8.10. The molecule has 0 aliphatic carbocycles. The molecule has 130 valence electrons. The number of anilines is 1. The smallest absolute Gasteiger partial charge is 0.255 e. The molecule has 6 nitrogen and oxygen atoms in total. The first-order chi connectivity index (χ1) is 12.2. The van der Waals surface area contributed by atoms with Crippen molar-refractivity contribution < 1.29 is 19.1 Å². The number of nitrogens with one attached hydrogen (secondary N) is 1. The van der Waals surface area contributed by atoms with Gasteiger partial charge in [-0.25, -0.2) is 0 Å². The second-order valence-electron chi connectivity index (χ2n) is 5.66. The Morgan fingerprint density at radius 1 is 0.960 bits per heavy atom. The van der Waals surface area contributed by atoms with Crippen molar-refractivity contribution in [2.75, 3.05) is 38.7 Å². The highest BCUT2D eigenvalue weighted by atomic mass is 16.5. The van der Waals surface area contributed by atoms with Crippen LogP contribution < -0.4 is 10.1 Å². The Morgan fingerprint density at radius 2 is 1.56 bits per heavy atom. The molecule has 2 aromatic carbocycles. The number of carbonyl (C=O) groups excluding carboxylic acids is 2. The molecule has 0 radical (unpaired) electrons. The lowest BCUT2D eigenvalue weighted by molar-refractivity contribution is 0.0303. The van der Waals surface area contributed by atoms with Crippen molar-refractivity contribution in [1.29, 1.82) is 0 Å². The Balaban J connectivity index is 1.63. The lowest BCUT2D eigenvalue weighted by atomic mass is 10.1. The number of morpholine rings is 1. The molecule has 1 heterocycles. The zero-order chi connectivity index (χ0) is 17.6. The van der Waals surface area contributed by atoms with Gasteiger partial charge in [-0.05, 0) is 48.5 Å². The average molecular weight is 340 g/mol. The molecule has 0 aromatic heterocycles. The minimum Gasteiger partial charge on any atom is -0.497 e. The largest absolute Gasteiger partial charge is 0.497 e. The van der Waals surface area contributed by atoms with Gasteiger partial charge < -0.3 is 19.7 Å². The van der Waals surface area contributed by atoms with Crippen LogP contribution >= 0.6 is 0 Å². The van der Waals surface area contributed by atoms with Gasteiger partial charge in [0.2, 0.25) is 0 Å². The molecule has 2 aromatic rings. The van der Waals surface area contributed by atoms with Crippen LogP contribution in [-0.2, 0) is 4.74 Å². The normalized spacial score (nSPS) is 14.0. The summed E-state index contributed by atoms with van der Waals surface area (Å²) in [6, 6.07) is 13.8. The van der Waals surface area contributed by atoms with Crippen LogP contribution in [-0.4, -0.2) is 50.1 Å². The third-order valence-corrected chi connectivity index (χ3v) is 4.04. The fraction of sp³-hybridized carbons (Fsp3) is 0.263. The third-order valence-electron chi connectivity index (χ3n) is 4.04. The summed E-state index contributed by atoms with van der Waals surface area (Å²) in [6.45, 7) is 2.35. The maximum Gasteiger partial charge on any atom is 0.255 e. The molecule has 2 amide bonds. The van der Waals surface area contributed by atoms with Gasteiger partial charge in [-0.3, -0.25) is 9.59 Å². The molecule has 6 heteroatoms. The van der Waals surface area contributed by atoms with E-state index in [-0.39, 0.29) is 11.8 Å². The quantitative estimate of drug-likeness (QED) is 0.928. The molecular formula is C19H20N2O4. The van der Waals surface area contributed by atoms with E-state index >= 15 is 0 Å². The lowest BCUT2D eigenvalue weighted by Crippen LogP contribution is -2.40. The Morgan fingerprint density at radius 3 is 2.16 bits per heavy atom. The van der Waals surface area contributed by atoms with Crippen LogP contribution in [0.4, 0.5) is 5.69 Å². The summed E-state index contributed by atoms with van der Waals surface area (Å²) in [5.41, 5.74) is 1.78. The topological polar surface area (TPSA) is 67.9 Å². The molecule has 1 saturated heterocycles. The van der Waals surface area contributed by atoms with Crippen LogP contribution in [0.25, 0.3) is 0 Å². The van der Waals surface area contributed by atoms with Gasteiger partial charge in [0, 0.05) is 29.9 Å². The fourth-order valence-electron chi connectivity index (χ4n) is 2.59. The predicted molar refractivity (Wildman–Crippen MR) is 94.1 cm³/mol. The molecule has 1 fully saturated rings. The van der Waals surface area contributed by atoms with Gasteiger partial charge >= 0.3 is 0 Å². The van der Waals surface area contributed by atoms with E-state index < -0.39 is 0 Å². The summed E-state index contributed by atoms with van der Waals surface area (Å²) in [6.07, 6.45) is 0. The highest BCUT2D eigenvalue weighted by Crippen LogP contribution is 2.15. The van der Waals surface area contributed by atoms with Gasteiger partial charge in [-0.2, -0.15) is 0 Å². The second kappa shape index (κ2) is 7.81. The van der Waals surface area contributed by atoms with Gasteiger partial charge in [0.05, 0.1) is 20.3 Å². The van der Waals surface area contributed by atoms with Crippen LogP contribution in [0.15, 0.2) is 48.5 Å². The molecule has 0 saturated carbocycles. The fourth-order valence-corrected chi connectivity index (χ4v) is 2.59. The number of benzene rings is 2. The maximum absolute atomic E-state index is 12.4.